The van der Waals surface area contributed by atoms with E-state index in [-0.39, 0.29) is 25.6 Å². The highest BCUT2D eigenvalue weighted by atomic mass is 35.5. The van der Waals surface area contributed by atoms with Gasteiger partial charge in [0.15, 0.2) is 6.29 Å². The van der Waals surface area contributed by atoms with E-state index in [4.69, 9.17) is 18.5 Å². The normalized spacial score (nSPS) is 11.2. The van der Waals surface area contributed by atoms with Gasteiger partial charge in [-0.1, -0.05) is 78.1 Å². The van der Waals surface area contributed by atoms with Crippen LogP contribution in [0, 0.1) is 0 Å². The molecule has 0 rings (SSSR count). The Balaban J connectivity index is 3.74. The van der Waals surface area contributed by atoms with Gasteiger partial charge < -0.3 is 18.5 Å². The van der Waals surface area contributed by atoms with Crippen molar-refractivity contribution >= 4 is 28.3 Å². The van der Waals surface area contributed by atoms with Crippen molar-refractivity contribution in [1.82, 2.24) is 0 Å². The molecule has 0 unspecified atom stereocenters. The summed E-state index contributed by atoms with van der Waals surface area (Å²) in [7, 11) is 5.87. The molecule has 0 saturated carbocycles. The van der Waals surface area contributed by atoms with Crippen LogP contribution in [0.25, 0.3) is 0 Å². The molecule has 0 radical (unpaired) electrons. The lowest BCUT2D eigenvalue weighted by Gasteiger charge is -2.19. The number of halogens is 1. The molecule has 4 heteroatoms. The summed E-state index contributed by atoms with van der Waals surface area (Å²) in [6.45, 7) is 6.23. The van der Waals surface area contributed by atoms with Crippen molar-refractivity contribution in [2.75, 3.05) is 13.2 Å². The van der Waals surface area contributed by atoms with E-state index in [2.05, 4.69) is 13.8 Å². The van der Waals surface area contributed by atoms with Crippen molar-refractivity contribution < 1.29 is 9.47 Å². The zero-order chi connectivity index (χ0) is 17.7. The van der Waals surface area contributed by atoms with Crippen LogP contribution in [-0.4, -0.2) is 38.8 Å². The van der Waals surface area contributed by atoms with Crippen molar-refractivity contribution in [3.05, 3.63) is 0 Å². The van der Waals surface area contributed by atoms with Crippen molar-refractivity contribution in [3.63, 3.8) is 0 Å². The second-order valence-corrected chi connectivity index (χ2v) is 9.11. The Labute approximate surface area is 165 Å². The summed E-state index contributed by atoms with van der Waals surface area (Å²) in [6, 6.07) is 0. The van der Waals surface area contributed by atoms with Crippen LogP contribution < -0.4 is 0 Å². The van der Waals surface area contributed by atoms with E-state index in [1.54, 1.807) is 0 Å². The van der Waals surface area contributed by atoms with Crippen LogP contribution in [0.2, 0.25) is 4.55 Å². The van der Waals surface area contributed by atoms with Gasteiger partial charge in [-0.15, -0.1) is 4.55 Å². The molecule has 0 aliphatic rings. The number of hydrogen-bond acceptors (Lipinski definition) is 2. The third kappa shape index (κ3) is 19.3. The number of unbranched alkanes of at least 4 members (excludes halogenated alkanes) is 10. The average Bonchev–Trinajstić information content (AvgIpc) is 2.60. The number of ether oxygens (including phenoxy) is 2. The molecule has 0 aliphatic heterocycles. The molecule has 0 amide bonds. The summed E-state index contributed by atoms with van der Waals surface area (Å²) < 4.78 is 13.3. The molecule has 0 heterocycles. The van der Waals surface area contributed by atoms with Crippen molar-refractivity contribution in [3.8, 4) is 0 Å². The third-order valence-corrected chi connectivity index (χ3v) is 6.00. The van der Waals surface area contributed by atoms with E-state index in [1.807, 2.05) is 0 Å². The summed E-state index contributed by atoms with van der Waals surface area (Å²) >= 11 is -0.271. The molecular weight excluding hydrogens is 332 g/mol. The van der Waals surface area contributed by atoms with Gasteiger partial charge in [0.2, 0.25) is 0 Å². The van der Waals surface area contributed by atoms with Gasteiger partial charge >= 0.3 is 19.3 Å². The van der Waals surface area contributed by atoms with Gasteiger partial charge in [-0.05, 0) is 25.7 Å². The van der Waals surface area contributed by atoms with Crippen molar-refractivity contribution in [2.24, 2.45) is 0 Å². The summed E-state index contributed by atoms with van der Waals surface area (Å²) in [5.74, 6) is 0. The summed E-state index contributed by atoms with van der Waals surface area (Å²) in [6.07, 6.45) is 17.8. The minimum Gasteiger partial charge on any atom is -0.353 e. The van der Waals surface area contributed by atoms with Gasteiger partial charge in [0.05, 0.1) is 0 Å². The van der Waals surface area contributed by atoms with E-state index < -0.39 is 0 Å². The minimum atomic E-state index is -0.271. The Kier molecular flexibility index (Phi) is 22.9. The maximum Gasteiger partial charge on any atom is 0.501 e. The van der Waals surface area contributed by atoms with Gasteiger partial charge in [-0.25, -0.2) is 0 Å². The monoisotopic (exact) mass is 372 g/mol. The first-order valence-corrected chi connectivity index (χ1v) is 13.8. The van der Waals surface area contributed by atoms with Crippen LogP contribution in [0.1, 0.15) is 104 Å². The lowest BCUT2D eigenvalue weighted by Crippen LogP contribution is -2.19. The van der Waals surface area contributed by atoms with Crippen molar-refractivity contribution in [2.45, 2.75) is 115 Å². The second-order valence-electron chi connectivity index (χ2n) is 6.89. The SMILES string of the molecule is CCCCCCCOC(CCCC[CH2][Mg][Cl])OCCCCCCC. The fourth-order valence-corrected chi connectivity index (χ4v) is 3.92. The van der Waals surface area contributed by atoms with E-state index in [9.17, 15) is 0 Å². The molecule has 0 saturated heterocycles. The van der Waals surface area contributed by atoms with Crippen molar-refractivity contribution in [1.29, 1.82) is 0 Å². The molecule has 0 atom stereocenters. The highest BCUT2D eigenvalue weighted by molar-refractivity contribution is 6.93. The predicted molar refractivity (Wildman–Crippen MR) is 108 cm³/mol. The Morgan fingerprint density at radius 3 is 1.67 bits per heavy atom. The molecule has 0 aromatic rings. The van der Waals surface area contributed by atoms with Crippen LogP contribution in [0.3, 0.4) is 0 Å². The van der Waals surface area contributed by atoms with Gasteiger partial charge in [-0.3, -0.25) is 0 Å². The summed E-state index contributed by atoms with van der Waals surface area (Å²) in [4.78, 5) is 0. The quantitative estimate of drug-likeness (QED) is 0.128. The topological polar surface area (TPSA) is 18.5 Å². The molecule has 0 spiro atoms. The van der Waals surface area contributed by atoms with Gasteiger partial charge in [0.1, 0.15) is 0 Å². The number of hydrogen-bond donors (Lipinski definition) is 0. The molecule has 0 aromatic carbocycles. The maximum atomic E-state index is 6.02. The molecule has 0 fully saturated rings. The highest BCUT2D eigenvalue weighted by Gasteiger charge is 2.09. The molecule has 0 aromatic heterocycles. The lowest BCUT2D eigenvalue weighted by molar-refractivity contribution is -0.148. The first-order valence-electron chi connectivity index (χ1n) is 10.6. The highest BCUT2D eigenvalue weighted by Crippen LogP contribution is 2.13. The molecule has 0 bridgehead atoms. The van der Waals surface area contributed by atoms with E-state index in [0.717, 1.165) is 19.6 Å². The molecular formula is C20H41ClMgO2. The first-order chi connectivity index (χ1) is 11.8. The smallest absolute Gasteiger partial charge is 0.353 e. The van der Waals surface area contributed by atoms with E-state index in [0.29, 0.717) is 0 Å². The average molecular weight is 373 g/mol. The van der Waals surface area contributed by atoms with E-state index in [1.165, 1.54) is 88.0 Å². The third-order valence-electron chi connectivity index (χ3n) is 4.43. The maximum absolute atomic E-state index is 6.02. The van der Waals surface area contributed by atoms with Crippen LogP contribution in [0.5, 0.6) is 0 Å². The Hall–Kier alpha value is 0.976. The Morgan fingerprint density at radius 1 is 0.667 bits per heavy atom. The standard InChI is InChI=1S/C20H41O2.ClH.Mg/c1-4-7-10-12-15-18-21-20(17-14-9-6-3)22-19-16-13-11-8-5-2;;/h20H,3-19H2,1-2H3;1H;/q;;+1/p-1. The predicted octanol–water partition coefficient (Wildman–Crippen LogP) is 7.12. The van der Waals surface area contributed by atoms with Gasteiger partial charge in [0.25, 0.3) is 0 Å². The van der Waals surface area contributed by atoms with Gasteiger partial charge in [-0.2, -0.15) is 0 Å². The lowest BCUT2D eigenvalue weighted by atomic mass is 10.1. The summed E-state index contributed by atoms with van der Waals surface area (Å²) in [5, 5.41) is 0. The fourth-order valence-electron chi connectivity index (χ4n) is 2.81. The van der Waals surface area contributed by atoms with Crippen LogP contribution >= 0.6 is 9.07 Å². The number of rotatable bonds is 20. The van der Waals surface area contributed by atoms with E-state index >= 15 is 0 Å². The minimum absolute atomic E-state index is 0.0237. The molecule has 0 aliphatic carbocycles. The Morgan fingerprint density at radius 2 is 1.17 bits per heavy atom. The molecule has 24 heavy (non-hydrogen) atoms. The van der Waals surface area contributed by atoms with Crippen LogP contribution in [0.4, 0.5) is 0 Å². The zero-order valence-corrected chi connectivity index (χ0v) is 18.7. The summed E-state index contributed by atoms with van der Waals surface area (Å²) in [5.41, 5.74) is 0. The van der Waals surface area contributed by atoms with Crippen LogP contribution in [0.15, 0.2) is 0 Å². The molecule has 142 valence electrons. The second kappa shape index (κ2) is 22.0. The first kappa shape index (κ1) is 25.0. The zero-order valence-electron chi connectivity index (χ0n) is 16.5. The molecule has 0 N–H and O–H groups in total. The van der Waals surface area contributed by atoms with Crippen LogP contribution in [-0.2, 0) is 9.47 Å². The largest absolute Gasteiger partial charge is 0.501 e. The van der Waals surface area contributed by atoms with Gasteiger partial charge in [0, 0.05) is 13.2 Å². The Bertz CT molecular complexity index is 214. The molecule has 2 nitrogen and oxygen atoms in total. The fraction of sp³-hybridized carbons (Fsp3) is 1.00.